The number of nitrogens with one attached hydrogen (secondary N) is 2. The molecule has 0 bridgehead atoms. The Morgan fingerprint density at radius 1 is 1.09 bits per heavy atom. The Hall–Kier alpha value is -2.83. The van der Waals surface area contributed by atoms with E-state index in [4.69, 9.17) is 0 Å². The number of rotatable bonds is 7. The number of aromatic nitrogens is 1. The van der Waals surface area contributed by atoms with E-state index in [9.17, 15) is 14.9 Å². The number of hydrogen-bond acceptors (Lipinski definition) is 3. The van der Waals surface area contributed by atoms with Crippen LogP contribution in [0, 0.1) is 10.1 Å². The molecule has 0 saturated carbocycles. The summed E-state index contributed by atoms with van der Waals surface area (Å²) in [4.78, 5) is 21.7. The first-order valence-electron chi connectivity index (χ1n) is 7.01. The van der Waals surface area contributed by atoms with Gasteiger partial charge in [0.15, 0.2) is 0 Å². The van der Waals surface area contributed by atoms with E-state index >= 15 is 0 Å². The number of nitro groups is 1. The maximum absolute atomic E-state index is 11.6. The molecule has 116 valence electrons. The third-order valence-electron chi connectivity index (χ3n) is 3.17. The number of non-ortho nitro benzene ring substituents is 1. The van der Waals surface area contributed by atoms with E-state index < -0.39 is 4.92 Å². The van der Waals surface area contributed by atoms with Crippen molar-refractivity contribution in [1.29, 1.82) is 0 Å². The summed E-state index contributed by atoms with van der Waals surface area (Å²) >= 11 is 0. The maximum atomic E-state index is 11.6. The molecular weight excluding hydrogens is 284 g/mol. The number of benzene rings is 1. The van der Waals surface area contributed by atoms with E-state index in [2.05, 4.69) is 10.6 Å². The molecule has 0 atom stereocenters. The predicted molar refractivity (Wildman–Crippen MR) is 82.6 cm³/mol. The third-order valence-corrected chi connectivity index (χ3v) is 3.17. The van der Waals surface area contributed by atoms with Crippen molar-refractivity contribution in [2.24, 2.45) is 0 Å². The first kappa shape index (κ1) is 15.6. The van der Waals surface area contributed by atoms with Gasteiger partial charge in [-0.3, -0.25) is 10.1 Å². The lowest BCUT2D eigenvalue weighted by Crippen LogP contribution is -2.38. The Morgan fingerprint density at radius 2 is 1.73 bits per heavy atom. The first-order chi connectivity index (χ1) is 10.6. The Bertz CT molecular complexity index is 608. The summed E-state index contributed by atoms with van der Waals surface area (Å²) in [6.07, 6.45) is 4.51. The van der Waals surface area contributed by atoms with E-state index in [1.165, 1.54) is 12.1 Å². The molecule has 0 saturated heterocycles. The van der Waals surface area contributed by atoms with Gasteiger partial charge in [-0.15, -0.1) is 0 Å². The minimum Gasteiger partial charge on any atom is -0.353 e. The molecule has 0 aliphatic rings. The zero-order valence-electron chi connectivity index (χ0n) is 12.1. The number of carbonyl (C=O) groups is 1. The molecule has 0 spiro atoms. The molecule has 0 fully saturated rings. The van der Waals surface area contributed by atoms with E-state index in [1.807, 2.05) is 29.1 Å². The van der Waals surface area contributed by atoms with Gasteiger partial charge in [0.1, 0.15) is 0 Å². The van der Waals surface area contributed by atoms with Gasteiger partial charge in [0.25, 0.3) is 5.69 Å². The summed E-state index contributed by atoms with van der Waals surface area (Å²) in [5.41, 5.74) is 1.01. The van der Waals surface area contributed by atoms with Crippen LogP contribution in [-0.2, 0) is 13.0 Å². The average molecular weight is 302 g/mol. The summed E-state index contributed by atoms with van der Waals surface area (Å²) in [5, 5.41) is 16.1. The Kier molecular flexibility index (Phi) is 5.53. The van der Waals surface area contributed by atoms with E-state index in [-0.39, 0.29) is 11.7 Å². The number of carbonyl (C=O) groups excluding carboxylic acids is 1. The van der Waals surface area contributed by atoms with Crippen molar-refractivity contribution in [2.45, 2.75) is 13.0 Å². The fraction of sp³-hybridized carbons (Fsp3) is 0.267. The minimum absolute atomic E-state index is 0.0689. The molecular formula is C15H18N4O3. The minimum atomic E-state index is -0.430. The van der Waals surface area contributed by atoms with Gasteiger partial charge in [-0.2, -0.15) is 0 Å². The van der Waals surface area contributed by atoms with Crippen LogP contribution in [0.1, 0.15) is 5.56 Å². The lowest BCUT2D eigenvalue weighted by molar-refractivity contribution is -0.384. The van der Waals surface area contributed by atoms with E-state index in [0.717, 1.165) is 12.1 Å². The molecule has 0 aliphatic carbocycles. The fourth-order valence-corrected chi connectivity index (χ4v) is 1.98. The topological polar surface area (TPSA) is 89.2 Å². The van der Waals surface area contributed by atoms with Crippen LogP contribution in [0.25, 0.3) is 0 Å². The van der Waals surface area contributed by atoms with Crippen molar-refractivity contribution in [2.75, 3.05) is 13.1 Å². The number of nitro benzene ring substituents is 1. The molecule has 2 N–H and O–H groups in total. The summed E-state index contributed by atoms with van der Waals surface area (Å²) in [6.45, 7) is 1.76. The smallest absolute Gasteiger partial charge is 0.314 e. The van der Waals surface area contributed by atoms with Gasteiger partial charge in [0, 0.05) is 44.2 Å². The Balaban J connectivity index is 1.63. The van der Waals surface area contributed by atoms with Crippen LogP contribution in [0.4, 0.5) is 10.5 Å². The highest BCUT2D eigenvalue weighted by Gasteiger charge is 2.04. The number of nitrogens with zero attached hydrogens (tertiary/aromatic N) is 2. The molecule has 2 rings (SSSR count). The molecule has 0 radical (unpaired) electrons. The number of urea groups is 1. The van der Waals surface area contributed by atoms with Crippen molar-refractivity contribution in [3.63, 3.8) is 0 Å². The van der Waals surface area contributed by atoms with Crippen LogP contribution < -0.4 is 10.6 Å². The highest BCUT2D eigenvalue weighted by atomic mass is 16.6. The Labute approximate surface area is 128 Å². The molecule has 1 aromatic heterocycles. The van der Waals surface area contributed by atoms with Gasteiger partial charge in [0.05, 0.1) is 4.92 Å². The van der Waals surface area contributed by atoms with Crippen LogP contribution in [0.5, 0.6) is 0 Å². The second-order valence-electron chi connectivity index (χ2n) is 4.78. The van der Waals surface area contributed by atoms with Gasteiger partial charge >= 0.3 is 6.03 Å². The average Bonchev–Trinajstić information content (AvgIpc) is 3.01. The second-order valence-corrected chi connectivity index (χ2v) is 4.78. The van der Waals surface area contributed by atoms with Gasteiger partial charge in [0.2, 0.25) is 0 Å². The quantitative estimate of drug-likeness (QED) is 0.605. The van der Waals surface area contributed by atoms with Gasteiger partial charge < -0.3 is 15.2 Å². The van der Waals surface area contributed by atoms with Crippen LogP contribution >= 0.6 is 0 Å². The highest BCUT2D eigenvalue weighted by Crippen LogP contribution is 2.11. The summed E-state index contributed by atoms with van der Waals surface area (Å²) in [7, 11) is 0. The number of hydrogen-bond donors (Lipinski definition) is 2. The highest BCUT2D eigenvalue weighted by molar-refractivity contribution is 5.73. The summed E-state index contributed by atoms with van der Waals surface area (Å²) in [6, 6.07) is 9.98. The molecule has 7 heteroatoms. The summed E-state index contributed by atoms with van der Waals surface area (Å²) in [5.74, 6) is 0. The van der Waals surface area contributed by atoms with Crippen LogP contribution in [0.15, 0.2) is 48.8 Å². The molecule has 2 aromatic rings. The molecule has 0 unspecified atom stereocenters. The van der Waals surface area contributed by atoms with Gasteiger partial charge in [-0.1, -0.05) is 12.1 Å². The molecule has 2 amide bonds. The zero-order chi connectivity index (χ0) is 15.8. The maximum Gasteiger partial charge on any atom is 0.314 e. The molecule has 1 heterocycles. The van der Waals surface area contributed by atoms with Crippen LogP contribution in [0.3, 0.4) is 0 Å². The largest absolute Gasteiger partial charge is 0.353 e. The van der Waals surface area contributed by atoms with E-state index in [0.29, 0.717) is 19.5 Å². The SMILES string of the molecule is O=C(NCCc1ccc([N+](=O)[O-])cc1)NCCn1cccc1. The summed E-state index contributed by atoms with van der Waals surface area (Å²) < 4.78 is 1.98. The predicted octanol–water partition coefficient (Wildman–Crippen LogP) is 1.94. The second kappa shape index (κ2) is 7.82. The molecule has 7 nitrogen and oxygen atoms in total. The standard InChI is InChI=1S/C15H18N4O3/c20-15(17-9-12-18-10-1-2-11-18)16-8-7-13-3-5-14(6-4-13)19(21)22/h1-6,10-11H,7-9,12H2,(H2,16,17,20). The van der Waals surface area contributed by atoms with Crippen LogP contribution in [0.2, 0.25) is 0 Å². The van der Waals surface area contributed by atoms with Gasteiger partial charge in [-0.05, 0) is 24.1 Å². The zero-order valence-corrected chi connectivity index (χ0v) is 12.1. The first-order valence-corrected chi connectivity index (χ1v) is 7.01. The van der Waals surface area contributed by atoms with Crippen molar-refractivity contribution >= 4 is 11.7 Å². The van der Waals surface area contributed by atoms with Crippen LogP contribution in [-0.4, -0.2) is 28.6 Å². The van der Waals surface area contributed by atoms with E-state index in [1.54, 1.807) is 12.1 Å². The van der Waals surface area contributed by atoms with Gasteiger partial charge in [-0.25, -0.2) is 4.79 Å². The van der Waals surface area contributed by atoms with Crippen molar-refractivity contribution < 1.29 is 9.72 Å². The molecule has 22 heavy (non-hydrogen) atoms. The normalized spacial score (nSPS) is 10.2. The lowest BCUT2D eigenvalue weighted by atomic mass is 10.1. The third kappa shape index (κ3) is 4.93. The van der Waals surface area contributed by atoms with Crippen molar-refractivity contribution in [3.05, 3.63) is 64.5 Å². The molecule has 0 aliphatic heterocycles. The number of amides is 2. The molecule has 1 aromatic carbocycles. The monoisotopic (exact) mass is 302 g/mol. The fourth-order valence-electron chi connectivity index (χ4n) is 1.98. The Morgan fingerprint density at radius 3 is 2.36 bits per heavy atom. The van der Waals surface area contributed by atoms with Crippen molar-refractivity contribution in [1.82, 2.24) is 15.2 Å². The lowest BCUT2D eigenvalue weighted by Gasteiger charge is -2.08. The van der Waals surface area contributed by atoms with Crippen molar-refractivity contribution in [3.8, 4) is 0 Å².